The predicted molar refractivity (Wildman–Crippen MR) is 66.6 cm³/mol. The Morgan fingerprint density at radius 1 is 1.65 bits per heavy atom. The average Bonchev–Trinajstić information content (AvgIpc) is 2.96. The average molecular weight is 238 g/mol. The van der Waals surface area contributed by atoms with Crippen molar-refractivity contribution in [2.24, 2.45) is 11.7 Å². The molecule has 2 rings (SSSR count). The zero-order valence-corrected chi connectivity index (χ0v) is 10.7. The maximum Gasteiger partial charge on any atom is 0.0949 e. The molecule has 1 aliphatic rings. The van der Waals surface area contributed by atoms with Gasteiger partial charge in [-0.25, -0.2) is 4.98 Å². The number of hydrogen-bond donors (Lipinski definition) is 1. The van der Waals surface area contributed by atoms with Crippen LogP contribution in [0.3, 0.4) is 0 Å². The molecule has 1 aliphatic heterocycles. The first-order valence-corrected chi connectivity index (χ1v) is 6.16. The van der Waals surface area contributed by atoms with Crippen molar-refractivity contribution in [3.8, 4) is 0 Å². The zero-order valence-electron chi connectivity index (χ0n) is 10.7. The first kappa shape index (κ1) is 12.5. The maximum absolute atomic E-state index is 6.30. The van der Waals surface area contributed by atoms with Crippen molar-refractivity contribution in [1.29, 1.82) is 0 Å². The third kappa shape index (κ3) is 3.06. The van der Waals surface area contributed by atoms with E-state index in [1.54, 1.807) is 0 Å². The van der Waals surface area contributed by atoms with Gasteiger partial charge in [-0.15, -0.1) is 0 Å². The molecular formula is C12H22N4O. The molecule has 1 aromatic heterocycles. The molecule has 1 fully saturated rings. The van der Waals surface area contributed by atoms with Crippen molar-refractivity contribution >= 4 is 0 Å². The molecule has 96 valence electrons. The number of nitrogens with zero attached hydrogens (tertiary/aromatic N) is 3. The minimum atomic E-state index is 0.0437. The molecule has 0 saturated carbocycles. The van der Waals surface area contributed by atoms with Gasteiger partial charge in [-0.2, -0.15) is 0 Å². The van der Waals surface area contributed by atoms with Gasteiger partial charge in [-0.05, 0) is 20.5 Å². The Labute approximate surface area is 103 Å². The summed E-state index contributed by atoms with van der Waals surface area (Å²) in [5, 5.41) is 0. The van der Waals surface area contributed by atoms with Gasteiger partial charge in [0, 0.05) is 31.8 Å². The summed E-state index contributed by atoms with van der Waals surface area (Å²) in [4.78, 5) is 6.38. The van der Waals surface area contributed by atoms with E-state index in [2.05, 4.69) is 28.5 Å². The van der Waals surface area contributed by atoms with Gasteiger partial charge in [0.2, 0.25) is 0 Å². The quantitative estimate of drug-likeness (QED) is 0.810. The third-order valence-corrected chi connectivity index (χ3v) is 3.35. The van der Waals surface area contributed by atoms with E-state index in [0.717, 1.165) is 38.4 Å². The van der Waals surface area contributed by atoms with Crippen molar-refractivity contribution in [1.82, 2.24) is 14.5 Å². The molecule has 5 heteroatoms. The fraction of sp³-hybridized carbons (Fsp3) is 0.750. The van der Waals surface area contributed by atoms with Crippen LogP contribution in [0.2, 0.25) is 0 Å². The number of rotatable bonds is 5. The van der Waals surface area contributed by atoms with Crippen molar-refractivity contribution < 1.29 is 4.74 Å². The third-order valence-electron chi connectivity index (χ3n) is 3.35. The molecule has 2 unspecified atom stereocenters. The van der Waals surface area contributed by atoms with Crippen LogP contribution in [0.4, 0.5) is 0 Å². The first-order chi connectivity index (χ1) is 8.18. The highest BCUT2D eigenvalue weighted by Crippen LogP contribution is 2.26. The Balaban J connectivity index is 2.01. The number of ether oxygens (including phenoxy) is 1. The molecule has 0 radical (unpaired) electrons. The van der Waals surface area contributed by atoms with E-state index in [1.165, 1.54) is 0 Å². The summed E-state index contributed by atoms with van der Waals surface area (Å²) in [6.45, 7) is 3.55. The van der Waals surface area contributed by atoms with Crippen molar-refractivity contribution in [3.05, 3.63) is 18.2 Å². The topological polar surface area (TPSA) is 56.3 Å². The molecule has 2 heterocycles. The smallest absolute Gasteiger partial charge is 0.0949 e. The van der Waals surface area contributed by atoms with E-state index < -0.39 is 0 Å². The molecule has 2 atom stereocenters. The lowest BCUT2D eigenvalue weighted by atomic mass is 9.97. The van der Waals surface area contributed by atoms with Gasteiger partial charge >= 0.3 is 0 Å². The summed E-state index contributed by atoms with van der Waals surface area (Å²) in [5.74, 6) is 0.435. The Kier molecular flexibility index (Phi) is 4.15. The fourth-order valence-electron chi connectivity index (χ4n) is 2.18. The van der Waals surface area contributed by atoms with Crippen LogP contribution in [-0.2, 0) is 11.3 Å². The maximum atomic E-state index is 6.30. The lowest BCUT2D eigenvalue weighted by molar-refractivity contribution is 0.180. The van der Waals surface area contributed by atoms with Gasteiger partial charge < -0.3 is 19.9 Å². The van der Waals surface area contributed by atoms with Crippen LogP contribution >= 0.6 is 0 Å². The largest absolute Gasteiger partial charge is 0.381 e. The fourth-order valence-corrected chi connectivity index (χ4v) is 2.18. The molecule has 2 N–H and O–H groups in total. The van der Waals surface area contributed by atoms with Crippen LogP contribution in [-0.4, -0.2) is 48.3 Å². The van der Waals surface area contributed by atoms with E-state index >= 15 is 0 Å². The number of hydrogen-bond acceptors (Lipinski definition) is 4. The van der Waals surface area contributed by atoms with Gasteiger partial charge in [0.1, 0.15) is 0 Å². The second-order valence-electron chi connectivity index (χ2n) is 4.96. The molecular weight excluding hydrogens is 216 g/mol. The van der Waals surface area contributed by atoms with Crippen LogP contribution in [0.15, 0.2) is 12.5 Å². The highest BCUT2D eigenvalue weighted by atomic mass is 16.5. The summed E-state index contributed by atoms with van der Waals surface area (Å²) in [6, 6.07) is 0.0437. The summed E-state index contributed by atoms with van der Waals surface area (Å²) in [6.07, 6.45) is 4.81. The molecule has 0 aromatic carbocycles. The lowest BCUT2D eigenvalue weighted by Crippen LogP contribution is -2.26. The van der Waals surface area contributed by atoms with Crippen molar-refractivity contribution in [2.45, 2.75) is 19.0 Å². The zero-order chi connectivity index (χ0) is 12.3. The number of aromatic nitrogens is 2. The molecule has 0 spiro atoms. The molecule has 1 saturated heterocycles. The summed E-state index contributed by atoms with van der Waals surface area (Å²) >= 11 is 0. The summed E-state index contributed by atoms with van der Waals surface area (Å²) in [7, 11) is 4.14. The van der Waals surface area contributed by atoms with Crippen molar-refractivity contribution in [2.75, 3.05) is 33.9 Å². The lowest BCUT2D eigenvalue weighted by Gasteiger charge is -2.20. The van der Waals surface area contributed by atoms with Gasteiger partial charge in [0.25, 0.3) is 0 Å². The highest BCUT2D eigenvalue weighted by Gasteiger charge is 2.26. The molecule has 0 bridgehead atoms. The van der Waals surface area contributed by atoms with E-state index in [9.17, 15) is 0 Å². The van der Waals surface area contributed by atoms with Gasteiger partial charge in [0.05, 0.1) is 24.7 Å². The van der Waals surface area contributed by atoms with E-state index in [-0.39, 0.29) is 6.04 Å². The molecule has 17 heavy (non-hydrogen) atoms. The second-order valence-corrected chi connectivity index (χ2v) is 4.96. The van der Waals surface area contributed by atoms with Crippen LogP contribution in [0, 0.1) is 5.92 Å². The first-order valence-electron chi connectivity index (χ1n) is 6.16. The van der Waals surface area contributed by atoms with Gasteiger partial charge in [-0.1, -0.05) is 0 Å². The Morgan fingerprint density at radius 2 is 2.47 bits per heavy atom. The van der Waals surface area contributed by atoms with Crippen LogP contribution in [0.1, 0.15) is 18.2 Å². The SMILES string of the molecule is CN(C)CCn1cncc1C(N)C1CCOC1. The normalized spacial score (nSPS) is 22.2. The second kappa shape index (κ2) is 5.62. The van der Waals surface area contributed by atoms with E-state index in [1.807, 2.05) is 12.5 Å². The molecule has 0 aliphatic carbocycles. The summed E-state index contributed by atoms with van der Waals surface area (Å²) in [5.41, 5.74) is 7.42. The minimum absolute atomic E-state index is 0.0437. The van der Waals surface area contributed by atoms with Crippen LogP contribution in [0.25, 0.3) is 0 Å². The van der Waals surface area contributed by atoms with Gasteiger partial charge in [-0.3, -0.25) is 0 Å². The molecule has 0 amide bonds. The van der Waals surface area contributed by atoms with E-state index in [4.69, 9.17) is 10.5 Å². The summed E-state index contributed by atoms with van der Waals surface area (Å²) < 4.78 is 7.55. The minimum Gasteiger partial charge on any atom is -0.381 e. The highest BCUT2D eigenvalue weighted by molar-refractivity contribution is 5.07. The Hall–Kier alpha value is -0.910. The molecule has 1 aromatic rings. The number of imidazole rings is 1. The Bertz CT molecular complexity index is 344. The van der Waals surface area contributed by atoms with Crippen LogP contribution in [0.5, 0.6) is 0 Å². The molecule has 5 nitrogen and oxygen atoms in total. The Morgan fingerprint density at radius 3 is 3.12 bits per heavy atom. The predicted octanol–water partition coefficient (Wildman–Crippen LogP) is 0.481. The van der Waals surface area contributed by atoms with Crippen molar-refractivity contribution in [3.63, 3.8) is 0 Å². The monoisotopic (exact) mass is 238 g/mol. The standard InChI is InChI=1S/C12H22N4O/c1-15(2)4-5-16-9-14-7-11(16)12(13)10-3-6-17-8-10/h7,9-10,12H,3-6,8,13H2,1-2H3. The van der Waals surface area contributed by atoms with Crippen LogP contribution < -0.4 is 5.73 Å². The number of likely N-dealkylation sites (N-methyl/N-ethyl adjacent to an activating group) is 1. The number of nitrogens with two attached hydrogens (primary N) is 1. The van der Waals surface area contributed by atoms with E-state index in [0.29, 0.717) is 5.92 Å². The van der Waals surface area contributed by atoms with Gasteiger partial charge in [0.15, 0.2) is 0 Å².